The zero-order chi connectivity index (χ0) is 36.7. The molecule has 3 aromatic heterocycles. The van der Waals surface area contributed by atoms with Crippen molar-refractivity contribution in [1.82, 2.24) is 15.0 Å². The van der Waals surface area contributed by atoms with Crippen LogP contribution in [0, 0.1) is 0 Å². The van der Waals surface area contributed by atoms with Crippen LogP contribution in [-0.2, 0) is 0 Å². The summed E-state index contributed by atoms with van der Waals surface area (Å²) in [5.74, 6) is 0. The quantitative estimate of drug-likeness (QED) is 0.171. The molecule has 0 radical (unpaired) electrons. The average Bonchev–Trinajstić information content (AvgIpc) is 3.28. The van der Waals surface area contributed by atoms with Gasteiger partial charge in [-0.25, -0.2) is 4.98 Å². The van der Waals surface area contributed by atoms with Gasteiger partial charge in [-0.2, -0.15) is 0 Å². The molecule has 0 atom stereocenters. The van der Waals surface area contributed by atoms with E-state index in [9.17, 15) is 0 Å². The molecule has 0 unspecified atom stereocenters. The van der Waals surface area contributed by atoms with Crippen molar-refractivity contribution in [2.24, 2.45) is 0 Å². The lowest BCUT2D eigenvalue weighted by molar-refractivity contribution is 1.37. The van der Waals surface area contributed by atoms with Crippen LogP contribution in [0.3, 0.4) is 0 Å². The molecule has 258 valence electrons. The van der Waals surface area contributed by atoms with Crippen molar-refractivity contribution >= 4 is 86.6 Å². The van der Waals surface area contributed by atoms with Gasteiger partial charge >= 0.3 is 0 Å². The first-order chi connectivity index (χ1) is 27.8. The lowest BCUT2D eigenvalue weighted by Gasteiger charge is -2.15. The van der Waals surface area contributed by atoms with E-state index in [1.165, 1.54) is 65.0 Å². The second kappa shape index (κ2) is 12.0. The first-order valence-electron chi connectivity index (χ1n) is 19.1. The number of aromatic nitrogens is 3. The van der Waals surface area contributed by atoms with E-state index in [0.29, 0.717) is 0 Å². The molecule has 3 heterocycles. The molecular weight excluding hydrogens is 679 g/mol. The van der Waals surface area contributed by atoms with Gasteiger partial charge in [-0.15, -0.1) is 0 Å². The topological polar surface area (TPSA) is 38.7 Å². The molecule has 0 aliphatic rings. The van der Waals surface area contributed by atoms with Crippen LogP contribution < -0.4 is 0 Å². The van der Waals surface area contributed by atoms with Gasteiger partial charge < -0.3 is 0 Å². The Labute approximate surface area is 322 Å². The Morgan fingerprint density at radius 1 is 0.286 bits per heavy atom. The summed E-state index contributed by atoms with van der Waals surface area (Å²) in [6.07, 6.45) is 3.74. The summed E-state index contributed by atoms with van der Waals surface area (Å²) in [6.45, 7) is 0. The Morgan fingerprint density at radius 2 is 0.929 bits per heavy atom. The summed E-state index contributed by atoms with van der Waals surface area (Å²) in [5.41, 5.74) is 9.68. The molecule has 0 aliphatic carbocycles. The summed E-state index contributed by atoms with van der Waals surface area (Å²) < 4.78 is 0. The molecule has 3 nitrogen and oxygen atoms in total. The Morgan fingerprint density at radius 3 is 1.80 bits per heavy atom. The summed E-state index contributed by atoms with van der Waals surface area (Å²) in [6, 6.07) is 63.7. The van der Waals surface area contributed by atoms with Crippen LogP contribution >= 0.6 is 0 Å². The predicted octanol–water partition coefficient (Wildman–Crippen LogP) is 14.1. The first-order valence-corrected chi connectivity index (χ1v) is 19.1. The van der Waals surface area contributed by atoms with Crippen molar-refractivity contribution in [1.29, 1.82) is 0 Å². The van der Waals surface area contributed by atoms with Crippen LogP contribution in [0.25, 0.3) is 120 Å². The minimum atomic E-state index is 0.930. The highest BCUT2D eigenvalue weighted by Gasteiger charge is 2.17. The number of nitrogens with zero attached hydrogens (tertiary/aromatic N) is 3. The third-order valence-corrected chi connectivity index (χ3v) is 11.7. The van der Waals surface area contributed by atoms with E-state index in [1.54, 1.807) is 0 Å². The van der Waals surface area contributed by atoms with Gasteiger partial charge in [0.1, 0.15) is 0 Å². The molecular formula is C53H31N3. The predicted molar refractivity (Wildman–Crippen MR) is 236 cm³/mol. The number of hydrogen-bond donors (Lipinski definition) is 0. The zero-order valence-corrected chi connectivity index (χ0v) is 30.2. The average molecular weight is 710 g/mol. The maximum Gasteiger partial charge on any atom is 0.0970 e. The van der Waals surface area contributed by atoms with Crippen LogP contribution in [-0.4, -0.2) is 15.0 Å². The molecule has 0 spiro atoms. The third kappa shape index (κ3) is 4.61. The number of pyridine rings is 3. The van der Waals surface area contributed by atoms with E-state index in [2.05, 4.69) is 175 Å². The molecule has 12 aromatic rings. The molecule has 12 rings (SSSR count). The Bertz CT molecular complexity index is 3600. The van der Waals surface area contributed by atoms with Crippen molar-refractivity contribution in [3.8, 4) is 33.5 Å². The normalized spacial score (nSPS) is 11.9. The highest BCUT2D eigenvalue weighted by molar-refractivity contribution is 6.31. The zero-order valence-electron chi connectivity index (χ0n) is 30.2. The van der Waals surface area contributed by atoms with Gasteiger partial charge in [-0.3, -0.25) is 9.97 Å². The molecule has 56 heavy (non-hydrogen) atoms. The molecule has 0 aliphatic heterocycles. The fourth-order valence-corrected chi connectivity index (χ4v) is 9.07. The van der Waals surface area contributed by atoms with Crippen molar-refractivity contribution < 1.29 is 0 Å². The summed E-state index contributed by atoms with van der Waals surface area (Å²) in [5, 5.41) is 15.6. The van der Waals surface area contributed by atoms with Gasteiger partial charge in [0.05, 0.1) is 22.2 Å². The number of hydrogen-bond acceptors (Lipinski definition) is 3. The second-order valence-electron chi connectivity index (χ2n) is 14.7. The molecule has 0 N–H and O–H groups in total. The van der Waals surface area contributed by atoms with E-state index >= 15 is 0 Å². The minimum absolute atomic E-state index is 0.930. The van der Waals surface area contributed by atoms with Crippen LogP contribution in [0.2, 0.25) is 0 Å². The fourth-order valence-electron chi connectivity index (χ4n) is 9.07. The highest BCUT2D eigenvalue weighted by Crippen LogP contribution is 2.42. The fraction of sp³-hybridized carbons (Fsp3) is 0. The van der Waals surface area contributed by atoms with Gasteiger partial charge in [0.15, 0.2) is 0 Å². The monoisotopic (exact) mass is 709 g/mol. The van der Waals surface area contributed by atoms with E-state index in [1.807, 2.05) is 18.5 Å². The Hall–Kier alpha value is -7.49. The minimum Gasteiger partial charge on any atom is -0.254 e. The van der Waals surface area contributed by atoms with Crippen LogP contribution in [0.1, 0.15) is 0 Å². The van der Waals surface area contributed by atoms with Crippen molar-refractivity contribution in [2.45, 2.75) is 0 Å². The van der Waals surface area contributed by atoms with Crippen LogP contribution in [0.15, 0.2) is 188 Å². The van der Waals surface area contributed by atoms with Crippen molar-refractivity contribution in [3.63, 3.8) is 0 Å². The van der Waals surface area contributed by atoms with E-state index in [-0.39, 0.29) is 0 Å². The molecule has 9 aromatic carbocycles. The lowest BCUT2D eigenvalue weighted by atomic mass is 9.91. The second-order valence-corrected chi connectivity index (χ2v) is 14.7. The van der Waals surface area contributed by atoms with Gasteiger partial charge in [0, 0.05) is 44.9 Å². The molecule has 0 fully saturated rings. The molecule has 0 saturated heterocycles. The smallest absolute Gasteiger partial charge is 0.0970 e. The number of rotatable bonds is 3. The Balaban J connectivity index is 1.00. The van der Waals surface area contributed by atoms with Gasteiger partial charge in [-0.1, -0.05) is 146 Å². The van der Waals surface area contributed by atoms with Crippen molar-refractivity contribution in [2.75, 3.05) is 0 Å². The first kappa shape index (κ1) is 30.9. The van der Waals surface area contributed by atoms with Crippen molar-refractivity contribution in [3.05, 3.63) is 188 Å². The van der Waals surface area contributed by atoms with Gasteiger partial charge in [0.25, 0.3) is 0 Å². The maximum atomic E-state index is 5.54. The summed E-state index contributed by atoms with van der Waals surface area (Å²) in [4.78, 5) is 14.9. The number of benzene rings is 9. The third-order valence-electron chi connectivity index (χ3n) is 11.7. The van der Waals surface area contributed by atoms with Gasteiger partial charge in [0.2, 0.25) is 0 Å². The highest BCUT2D eigenvalue weighted by atomic mass is 14.7. The van der Waals surface area contributed by atoms with E-state index in [4.69, 9.17) is 9.97 Å². The van der Waals surface area contributed by atoms with Crippen LogP contribution in [0.5, 0.6) is 0 Å². The molecule has 0 amide bonds. The molecule has 3 heteroatoms. The summed E-state index contributed by atoms with van der Waals surface area (Å²) in [7, 11) is 0. The lowest BCUT2D eigenvalue weighted by Crippen LogP contribution is -1.93. The van der Waals surface area contributed by atoms with E-state index in [0.717, 1.165) is 55.1 Å². The standard InChI is InChI=1S/C53H31N3/c1-3-14-43-41(12-1)42-13-2-5-16-45(42)52-49(43)44-15-4-6-17-46(44)50(56-52)38-10-7-9-34(29-38)35-20-18-32-19-21-36-30-37(23-24-39(36)48(32)31-35)40-26-28-55-53-47(40)25-22-33-11-8-27-54-51(33)53/h1-31H. The SMILES string of the molecule is c1cc(-c2ccc3ccc4cc(-c5ccnc6c5ccc5cccnc56)ccc4c3c2)cc(-c2nc3c4ccccc4c4ccccc4c3c3ccccc23)c1. The molecule has 0 saturated carbocycles. The molecule has 0 bridgehead atoms. The largest absolute Gasteiger partial charge is 0.254 e. The Kier molecular flexibility index (Phi) is 6.63. The number of fused-ring (bicyclic) bond motifs is 14. The van der Waals surface area contributed by atoms with Crippen LogP contribution in [0.4, 0.5) is 0 Å². The summed E-state index contributed by atoms with van der Waals surface area (Å²) >= 11 is 0. The van der Waals surface area contributed by atoms with E-state index < -0.39 is 0 Å². The van der Waals surface area contributed by atoms with Gasteiger partial charge in [-0.05, 0) is 95.7 Å². The maximum absolute atomic E-state index is 5.54.